The van der Waals surface area contributed by atoms with E-state index in [9.17, 15) is 0 Å². The molecule has 16 heavy (non-hydrogen) atoms. The molecule has 0 radical (unpaired) electrons. The fourth-order valence-corrected chi connectivity index (χ4v) is 2.21. The molecule has 0 saturated carbocycles. The van der Waals surface area contributed by atoms with Crippen molar-refractivity contribution in [2.45, 2.75) is 33.6 Å². The molecular weight excluding hydrogens is 200 g/mol. The van der Waals surface area contributed by atoms with Crippen LogP contribution < -0.4 is 5.32 Å². The summed E-state index contributed by atoms with van der Waals surface area (Å²) in [5.74, 6) is 0. The summed E-state index contributed by atoms with van der Waals surface area (Å²) in [6.07, 6.45) is 2.40. The predicted octanol–water partition coefficient (Wildman–Crippen LogP) is 1.73. The van der Waals surface area contributed by atoms with Crippen LogP contribution in [0.2, 0.25) is 0 Å². The van der Waals surface area contributed by atoms with Crippen molar-refractivity contribution in [1.82, 2.24) is 10.2 Å². The maximum absolute atomic E-state index is 5.41. The lowest BCUT2D eigenvalue weighted by atomic mass is 9.82. The third-order valence-corrected chi connectivity index (χ3v) is 3.75. The first-order chi connectivity index (χ1) is 7.70. The smallest absolute Gasteiger partial charge is 0.0471 e. The van der Waals surface area contributed by atoms with Gasteiger partial charge in [0.15, 0.2) is 0 Å². The Morgan fingerprint density at radius 3 is 2.38 bits per heavy atom. The Bertz CT molecular complexity index is 175. The number of nitrogens with zero attached hydrogens (tertiary/aromatic N) is 1. The van der Waals surface area contributed by atoms with Gasteiger partial charge in [0.1, 0.15) is 0 Å². The van der Waals surface area contributed by atoms with Crippen LogP contribution in [0.4, 0.5) is 0 Å². The first-order valence-corrected chi connectivity index (χ1v) is 6.71. The van der Waals surface area contributed by atoms with Crippen molar-refractivity contribution < 1.29 is 4.74 Å². The summed E-state index contributed by atoms with van der Waals surface area (Å²) in [5, 5.41) is 3.60. The largest absolute Gasteiger partial charge is 0.381 e. The van der Waals surface area contributed by atoms with E-state index in [0.29, 0.717) is 5.41 Å². The molecule has 3 nitrogen and oxygen atoms in total. The number of ether oxygens (including phenoxy) is 1. The van der Waals surface area contributed by atoms with Gasteiger partial charge < -0.3 is 15.0 Å². The molecule has 0 bridgehead atoms. The molecule has 96 valence electrons. The van der Waals surface area contributed by atoms with Crippen molar-refractivity contribution in [1.29, 1.82) is 0 Å². The zero-order chi connectivity index (χ0) is 11.9. The van der Waals surface area contributed by atoms with Gasteiger partial charge >= 0.3 is 0 Å². The summed E-state index contributed by atoms with van der Waals surface area (Å²) in [4.78, 5) is 2.46. The normalized spacial score (nSPS) is 20.2. The number of rotatable bonds is 7. The van der Waals surface area contributed by atoms with Gasteiger partial charge in [-0.1, -0.05) is 20.8 Å². The van der Waals surface area contributed by atoms with E-state index in [2.05, 4.69) is 31.0 Å². The Balaban J connectivity index is 2.09. The van der Waals surface area contributed by atoms with Crippen molar-refractivity contribution in [3.05, 3.63) is 0 Å². The van der Waals surface area contributed by atoms with Crippen LogP contribution >= 0.6 is 0 Å². The molecule has 0 spiro atoms. The molecule has 0 atom stereocenters. The van der Waals surface area contributed by atoms with E-state index in [1.165, 1.54) is 19.4 Å². The second kappa shape index (κ2) is 7.25. The summed E-state index contributed by atoms with van der Waals surface area (Å²) in [7, 11) is 0. The fourth-order valence-electron chi connectivity index (χ4n) is 2.21. The van der Waals surface area contributed by atoms with E-state index in [4.69, 9.17) is 4.74 Å². The highest BCUT2D eigenvalue weighted by atomic mass is 16.5. The van der Waals surface area contributed by atoms with Crippen LogP contribution in [0.1, 0.15) is 33.6 Å². The number of likely N-dealkylation sites (N-methyl/N-ethyl adjacent to an activating group) is 1. The average molecular weight is 228 g/mol. The fraction of sp³-hybridized carbons (Fsp3) is 1.00. The zero-order valence-electron chi connectivity index (χ0n) is 11.2. The second-order valence-corrected chi connectivity index (χ2v) is 5.13. The third kappa shape index (κ3) is 4.81. The molecule has 1 fully saturated rings. The molecule has 1 N–H and O–H groups in total. The molecule has 0 aromatic carbocycles. The number of hydrogen-bond acceptors (Lipinski definition) is 3. The zero-order valence-corrected chi connectivity index (χ0v) is 11.2. The van der Waals surface area contributed by atoms with Gasteiger partial charge in [-0.05, 0) is 31.3 Å². The quantitative estimate of drug-likeness (QED) is 0.672. The molecule has 0 aromatic rings. The molecule has 0 amide bonds. The van der Waals surface area contributed by atoms with Crippen LogP contribution in [0.3, 0.4) is 0 Å². The Morgan fingerprint density at radius 1 is 1.19 bits per heavy atom. The molecule has 3 heteroatoms. The molecule has 0 unspecified atom stereocenters. The van der Waals surface area contributed by atoms with Crippen LogP contribution in [0.15, 0.2) is 0 Å². The summed E-state index contributed by atoms with van der Waals surface area (Å²) >= 11 is 0. The Hall–Kier alpha value is -0.120. The lowest BCUT2D eigenvalue weighted by Crippen LogP contribution is -2.40. The lowest BCUT2D eigenvalue weighted by molar-refractivity contribution is 0.0240. The molecule has 1 aliphatic heterocycles. The molecule has 1 saturated heterocycles. The van der Waals surface area contributed by atoms with E-state index in [1.54, 1.807) is 0 Å². The minimum Gasteiger partial charge on any atom is -0.381 e. The first-order valence-electron chi connectivity index (χ1n) is 6.71. The maximum Gasteiger partial charge on any atom is 0.0471 e. The van der Waals surface area contributed by atoms with Crippen molar-refractivity contribution in [3.8, 4) is 0 Å². The van der Waals surface area contributed by atoms with Crippen molar-refractivity contribution in [3.63, 3.8) is 0 Å². The van der Waals surface area contributed by atoms with Crippen molar-refractivity contribution in [2.75, 3.05) is 45.9 Å². The monoisotopic (exact) mass is 228 g/mol. The first kappa shape index (κ1) is 13.9. The Morgan fingerprint density at radius 2 is 1.81 bits per heavy atom. The molecule has 1 rings (SSSR count). The van der Waals surface area contributed by atoms with Crippen LogP contribution in [0.5, 0.6) is 0 Å². The topological polar surface area (TPSA) is 24.5 Å². The highest BCUT2D eigenvalue weighted by Gasteiger charge is 2.26. The summed E-state index contributed by atoms with van der Waals surface area (Å²) in [5.41, 5.74) is 0.460. The average Bonchev–Trinajstić information content (AvgIpc) is 2.30. The van der Waals surface area contributed by atoms with Gasteiger partial charge in [-0.3, -0.25) is 0 Å². The molecule has 1 heterocycles. The molecule has 1 aliphatic rings. The van der Waals surface area contributed by atoms with E-state index in [0.717, 1.165) is 39.4 Å². The van der Waals surface area contributed by atoms with E-state index in [-0.39, 0.29) is 0 Å². The molecule has 0 aliphatic carbocycles. The second-order valence-electron chi connectivity index (χ2n) is 5.13. The van der Waals surface area contributed by atoms with Gasteiger partial charge in [0, 0.05) is 32.8 Å². The number of hydrogen-bond donors (Lipinski definition) is 1. The maximum atomic E-state index is 5.41. The highest BCUT2D eigenvalue weighted by molar-refractivity contribution is 4.79. The van der Waals surface area contributed by atoms with E-state index >= 15 is 0 Å². The van der Waals surface area contributed by atoms with Crippen LogP contribution in [0, 0.1) is 5.41 Å². The van der Waals surface area contributed by atoms with Crippen LogP contribution in [0.25, 0.3) is 0 Å². The van der Waals surface area contributed by atoms with Gasteiger partial charge in [-0.2, -0.15) is 0 Å². The summed E-state index contributed by atoms with van der Waals surface area (Å²) < 4.78 is 5.41. The molecule has 0 aromatic heterocycles. The predicted molar refractivity (Wildman–Crippen MR) is 68.8 cm³/mol. The van der Waals surface area contributed by atoms with E-state index < -0.39 is 0 Å². The van der Waals surface area contributed by atoms with Gasteiger partial charge in [0.2, 0.25) is 0 Å². The summed E-state index contributed by atoms with van der Waals surface area (Å²) in [6.45, 7) is 14.4. The van der Waals surface area contributed by atoms with Crippen LogP contribution in [-0.2, 0) is 4.74 Å². The van der Waals surface area contributed by atoms with Gasteiger partial charge in [0.05, 0.1) is 0 Å². The van der Waals surface area contributed by atoms with Crippen molar-refractivity contribution in [2.24, 2.45) is 5.41 Å². The number of nitrogens with one attached hydrogen (secondary N) is 1. The molecular formula is C13H28N2O. The Labute approximate surface area is 101 Å². The summed E-state index contributed by atoms with van der Waals surface area (Å²) in [6, 6.07) is 0. The Kier molecular flexibility index (Phi) is 6.32. The lowest BCUT2D eigenvalue weighted by Gasteiger charge is -2.34. The van der Waals surface area contributed by atoms with Crippen molar-refractivity contribution >= 4 is 0 Å². The van der Waals surface area contributed by atoms with Crippen LogP contribution in [-0.4, -0.2) is 50.8 Å². The van der Waals surface area contributed by atoms with Gasteiger partial charge in [0.25, 0.3) is 0 Å². The highest BCUT2D eigenvalue weighted by Crippen LogP contribution is 2.28. The standard InChI is InChI=1S/C13H28N2O/c1-4-15(5-2)9-8-14-12-13(3)6-10-16-11-7-13/h14H,4-12H2,1-3H3. The minimum atomic E-state index is 0.460. The SMILES string of the molecule is CCN(CC)CCNCC1(C)CCOCC1. The van der Waals surface area contributed by atoms with E-state index in [1.807, 2.05) is 0 Å². The van der Waals surface area contributed by atoms with Gasteiger partial charge in [-0.25, -0.2) is 0 Å². The third-order valence-electron chi connectivity index (χ3n) is 3.75. The minimum absolute atomic E-state index is 0.460. The van der Waals surface area contributed by atoms with Gasteiger partial charge in [-0.15, -0.1) is 0 Å².